The summed E-state index contributed by atoms with van der Waals surface area (Å²) in [4.78, 5) is 22.3. The van der Waals surface area contributed by atoms with E-state index >= 15 is 0 Å². The number of aryl methyl sites for hydroxylation is 1. The second-order valence-electron chi connectivity index (χ2n) is 3.26. The second-order valence-corrected chi connectivity index (χ2v) is 4.03. The molecule has 1 aromatic rings. The molecular weight excluding hydrogens is 305 g/mol. The first-order valence-electron chi connectivity index (χ1n) is 4.56. The van der Waals surface area contributed by atoms with E-state index in [1.165, 1.54) is 0 Å². The summed E-state index contributed by atoms with van der Waals surface area (Å²) in [5.41, 5.74) is 1.86. The number of nitrogens with one attached hydrogen (secondary N) is 1. The highest BCUT2D eigenvalue weighted by molar-refractivity contribution is 14.1. The number of hydrogen-bond acceptors (Lipinski definition) is 2. The van der Waals surface area contributed by atoms with Crippen molar-refractivity contribution in [2.75, 3.05) is 9.74 Å². The van der Waals surface area contributed by atoms with Crippen molar-refractivity contribution in [2.24, 2.45) is 0 Å². The van der Waals surface area contributed by atoms with E-state index in [-0.39, 0.29) is 18.1 Å². The molecule has 0 aliphatic carbocycles. The van der Waals surface area contributed by atoms with Gasteiger partial charge in [-0.25, -0.2) is 0 Å². The van der Waals surface area contributed by atoms with E-state index in [0.29, 0.717) is 4.43 Å². The van der Waals surface area contributed by atoms with Crippen molar-refractivity contribution in [1.82, 2.24) is 0 Å². The van der Waals surface area contributed by atoms with Crippen LogP contribution in [0, 0.1) is 6.92 Å². The lowest BCUT2D eigenvalue weighted by Crippen LogP contribution is -2.16. The zero-order valence-corrected chi connectivity index (χ0v) is 10.6. The average molecular weight is 317 g/mol. The van der Waals surface area contributed by atoms with Crippen LogP contribution in [0.25, 0.3) is 0 Å². The third kappa shape index (κ3) is 4.42. The maximum Gasteiger partial charge on any atom is 0.231 e. The molecular formula is C11H12INO2. The standard InChI is InChI=1S/C11H12INO2/c1-8-2-4-9(5-3-8)13-11(15)6-10(14)7-12/h2-5H,6-7H2,1H3,(H,13,15). The van der Waals surface area contributed by atoms with Gasteiger partial charge in [0.15, 0.2) is 5.78 Å². The molecule has 15 heavy (non-hydrogen) atoms. The van der Waals surface area contributed by atoms with Crippen molar-refractivity contribution in [2.45, 2.75) is 13.3 Å². The Morgan fingerprint density at radius 2 is 1.87 bits per heavy atom. The van der Waals surface area contributed by atoms with Gasteiger partial charge in [0, 0.05) is 5.69 Å². The molecule has 4 heteroatoms. The summed E-state index contributed by atoms with van der Waals surface area (Å²) >= 11 is 1.95. The molecule has 0 saturated carbocycles. The highest BCUT2D eigenvalue weighted by Crippen LogP contribution is 2.08. The van der Waals surface area contributed by atoms with Crippen LogP contribution in [0.1, 0.15) is 12.0 Å². The predicted octanol–water partition coefficient (Wildman–Crippen LogP) is 2.33. The Hall–Kier alpha value is -0.910. The smallest absolute Gasteiger partial charge is 0.231 e. The molecule has 0 radical (unpaired) electrons. The normalized spacial score (nSPS) is 9.73. The minimum absolute atomic E-state index is 0.0448. The van der Waals surface area contributed by atoms with Gasteiger partial charge in [0.25, 0.3) is 0 Å². The fraction of sp³-hybridized carbons (Fsp3) is 0.273. The van der Waals surface area contributed by atoms with Crippen LogP contribution in [0.3, 0.4) is 0 Å². The fourth-order valence-electron chi connectivity index (χ4n) is 1.07. The number of carbonyl (C=O) groups is 2. The highest BCUT2D eigenvalue weighted by atomic mass is 127. The van der Waals surface area contributed by atoms with Crippen molar-refractivity contribution < 1.29 is 9.59 Å². The van der Waals surface area contributed by atoms with Gasteiger partial charge in [-0.05, 0) is 19.1 Å². The van der Waals surface area contributed by atoms with Crippen LogP contribution in [0.5, 0.6) is 0 Å². The monoisotopic (exact) mass is 317 g/mol. The maximum absolute atomic E-state index is 11.3. The number of Topliss-reactive ketones (excluding diaryl/α,β-unsaturated/α-hetero) is 1. The summed E-state index contributed by atoms with van der Waals surface area (Å²) in [6.45, 7) is 1.98. The van der Waals surface area contributed by atoms with Crippen LogP contribution in [-0.4, -0.2) is 16.1 Å². The number of halogens is 1. The van der Waals surface area contributed by atoms with Crippen LogP contribution < -0.4 is 5.32 Å². The molecule has 0 aliphatic rings. The van der Waals surface area contributed by atoms with Gasteiger partial charge in [-0.3, -0.25) is 9.59 Å². The van der Waals surface area contributed by atoms with Gasteiger partial charge in [0.05, 0.1) is 10.8 Å². The molecule has 1 amide bonds. The van der Waals surface area contributed by atoms with E-state index in [2.05, 4.69) is 5.32 Å². The van der Waals surface area contributed by atoms with Crippen LogP contribution in [0.2, 0.25) is 0 Å². The number of hydrogen-bond donors (Lipinski definition) is 1. The lowest BCUT2D eigenvalue weighted by Gasteiger charge is -2.03. The summed E-state index contributed by atoms with van der Waals surface area (Å²) in [5, 5.41) is 2.67. The first-order chi connectivity index (χ1) is 7.11. The molecule has 0 saturated heterocycles. The summed E-state index contributed by atoms with van der Waals surface area (Å²) in [7, 11) is 0. The quantitative estimate of drug-likeness (QED) is 0.526. The SMILES string of the molecule is Cc1ccc(NC(=O)CC(=O)CI)cc1. The topological polar surface area (TPSA) is 46.2 Å². The molecule has 0 fully saturated rings. The number of ketones is 1. The first kappa shape index (κ1) is 12.2. The number of amides is 1. The lowest BCUT2D eigenvalue weighted by atomic mass is 10.2. The van der Waals surface area contributed by atoms with Gasteiger partial charge in [0.2, 0.25) is 5.91 Å². The third-order valence-corrected chi connectivity index (χ3v) is 2.69. The predicted molar refractivity (Wildman–Crippen MR) is 68.3 cm³/mol. The zero-order valence-electron chi connectivity index (χ0n) is 8.42. The van der Waals surface area contributed by atoms with Crippen molar-refractivity contribution in [3.05, 3.63) is 29.8 Å². The number of benzene rings is 1. The minimum atomic E-state index is -0.250. The van der Waals surface area contributed by atoms with E-state index in [1.54, 1.807) is 0 Å². The van der Waals surface area contributed by atoms with E-state index in [4.69, 9.17) is 0 Å². The molecule has 1 rings (SSSR count). The van der Waals surface area contributed by atoms with Crippen LogP contribution in [0.4, 0.5) is 5.69 Å². The van der Waals surface area contributed by atoms with Crippen molar-refractivity contribution in [3.8, 4) is 0 Å². The summed E-state index contributed by atoms with van der Waals surface area (Å²) in [5.74, 6) is -0.305. The van der Waals surface area contributed by atoms with Gasteiger partial charge in [-0.2, -0.15) is 0 Å². The minimum Gasteiger partial charge on any atom is -0.326 e. The number of rotatable bonds is 4. The molecule has 1 aromatic carbocycles. The van der Waals surface area contributed by atoms with Crippen LogP contribution in [-0.2, 0) is 9.59 Å². The van der Waals surface area contributed by atoms with Crippen molar-refractivity contribution in [1.29, 1.82) is 0 Å². The molecule has 0 atom stereocenters. The van der Waals surface area contributed by atoms with Crippen molar-refractivity contribution >= 4 is 40.0 Å². The molecule has 1 N–H and O–H groups in total. The number of alkyl halides is 1. The van der Waals surface area contributed by atoms with Crippen molar-refractivity contribution in [3.63, 3.8) is 0 Å². The summed E-state index contributed by atoms with van der Waals surface area (Å²) in [6.07, 6.45) is -0.0448. The molecule has 3 nitrogen and oxygen atoms in total. The van der Waals surface area contributed by atoms with E-state index in [1.807, 2.05) is 53.8 Å². The second kappa shape index (κ2) is 5.85. The van der Waals surface area contributed by atoms with Crippen LogP contribution >= 0.6 is 22.6 Å². The largest absolute Gasteiger partial charge is 0.326 e. The summed E-state index contributed by atoms with van der Waals surface area (Å²) < 4.78 is 0.374. The summed E-state index contributed by atoms with van der Waals surface area (Å²) in [6, 6.07) is 7.47. The molecule has 0 bridgehead atoms. The van der Waals surface area contributed by atoms with Gasteiger partial charge in [-0.1, -0.05) is 40.3 Å². The van der Waals surface area contributed by atoms with Gasteiger partial charge in [0.1, 0.15) is 0 Å². The molecule has 80 valence electrons. The van der Waals surface area contributed by atoms with Gasteiger partial charge < -0.3 is 5.32 Å². The van der Waals surface area contributed by atoms with Gasteiger partial charge >= 0.3 is 0 Å². The maximum atomic E-state index is 11.3. The van der Waals surface area contributed by atoms with E-state index in [9.17, 15) is 9.59 Å². The average Bonchev–Trinajstić information content (AvgIpc) is 2.21. The third-order valence-electron chi connectivity index (χ3n) is 1.84. The number of anilines is 1. The molecule has 0 spiro atoms. The zero-order chi connectivity index (χ0) is 11.3. The molecule has 0 heterocycles. The van der Waals surface area contributed by atoms with Gasteiger partial charge in [-0.15, -0.1) is 0 Å². The Morgan fingerprint density at radius 3 is 2.40 bits per heavy atom. The Balaban J connectivity index is 2.51. The molecule has 0 aromatic heterocycles. The Bertz CT molecular complexity index is 359. The van der Waals surface area contributed by atoms with E-state index in [0.717, 1.165) is 11.3 Å². The fourth-order valence-corrected chi connectivity index (χ4v) is 1.34. The molecule has 0 aliphatic heterocycles. The lowest BCUT2D eigenvalue weighted by molar-refractivity contribution is -0.123. The Labute approximate surface area is 102 Å². The first-order valence-corrected chi connectivity index (χ1v) is 6.08. The number of carbonyl (C=O) groups excluding carboxylic acids is 2. The van der Waals surface area contributed by atoms with Crippen LogP contribution in [0.15, 0.2) is 24.3 Å². The Morgan fingerprint density at radius 1 is 1.27 bits per heavy atom. The highest BCUT2D eigenvalue weighted by Gasteiger charge is 2.07. The van der Waals surface area contributed by atoms with E-state index < -0.39 is 0 Å². The molecule has 0 unspecified atom stereocenters. The Kier molecular flexibility index (Phi) is 4.74.